The van der Waals surface area contributed by atoms with E-state index in [0.717, 1.165) is 0 Å². The van der Waals surface area contributed by atoms with Crippen molar-refractivity contribution < 1.29 is 14.9 Å². The third-order valence-corrected chi connectivity index (χ3v) is 3.44. The monoisotopic (exact) mass is 280 g/mol. The van der Waals surface area contributed by atoms with E-state index in [1.807, 2.05) is 0 Å². The fraction of sp³-hybridized carbons (Fsp3) is 0.545. The van der Waals surface area contributed by atoms with Gasteiger partial charge in [0, 0.05) is 13.5 Å². The van der Waals surface area contributed by atoms with Gasteiger partial charge in [-0.05, 0) is 0 Å². The number of aliphatic hydroxyl groups is 2. The number of fused-ring (bicyclic) bond motifs is 1. The summed E-state index contributed by atoms with van der Waals surface area (Å²) in [5, 5.41) is 21.9. The van der Waals surface area contributed by atoms with Gasteiger partial charge in [-0.25, -0.2) is 15.0 Å². The maximum Gasteiger partial charge on any atom is 0.204 e. The van der Waals surface area contributed by atoms with Crippen LogP contribution in [0.15, 0.2) is 12.7 Å². The molecule has 0 unspecified atom stereocenters. The lowest BCUT2D eigenvalue weighted by Gasteiger charge is -2.25. The minimum Gasteiger partial charge on any atom is -0.394 e. The molecule has 0 spiro atoms. The quantitative estimate of drug-likeness (QED) is 0.538. The third kappa shape index (κ3) is 1.83. The molecule has 2 aromatic rings. The van der Waals surface area contributed by atoms with Crippen molar-refractivity contribution in [3.8, 4) is 0 Å². The van der Waals surface area contributed by atoms with Gasteiger partial charge in [-0.2, -0.15) is 0 Å². The Morgan fingerprint density at radius 2 is 2.35 bits per heavy atom. The molecule has 0 aromatic carbocycles. The molecule has 9 heteroatoms. The van der Waals surface area contributed by atoms with E-state index < -0.39 is 18.1 Å². The lowest BCUT2D eigenvalue weighted by atomic mass is 10.1. The highest BCUT2D eigenvalue weighted by Crippen LogP contribution is 2.33. The topological polar surface area (TPSA) is 131 Å². The summed E-state index contributed by atoms with van der Waals surface area (Å²) in [4.78, 5) is 12.5. The van der Waals surface area contributed by atoms with Gasteiger partial charge in [-0.15, -0.1) is 0 Å². The molecule has 5 N–H and O–H groups in total. The SMILES string of the molecule is CNc1ncnc2c1ncn2[C@@]1(N)C[C@H](O)[C@@H](CO)O1. The van der Waals surface area contributed by atoms with Gasteiger partial charge in [0.2, 0.25) is 5.85 Å². The molecule has 0 bridgehead atoms. The van der Waals surface area contributed by atoms with Crippen LogP contribution in [0.5, 0.6) is 0 Å². The Balaban J connectivity index is 2.07. The first-order chi connectivity index (χ1) is 9.59. The molecule has 20 heavy (non-hydrogen) atoms. The highest BCUT2D eigenvalue weighted by molar-refractivity contribution is 5.82. The van der Waals surface area contributed by atoms with Crippen LogP contribution in [0.1, 0.15) is 6.42 Å². The largest absolute Gasteiger partial charge is 0.394 e. The van der Waals surface area contributed by atoms with Gasteiger partial charge in [0.15, 0.2) is 17.0 Å². The zero-order chi connectivity index (χ0) is 14.3. The molecule has 1 saturated heterocycles. The molecule has 108 valence electrons. The molecule has 3 rings (SSSR count). The molecule has 1 aliphatic rings. The summed E-state index contributed by atoms with van der Waals surface area (Å²) in [6, 6.07) is 0. The van der Waals surface area contributed by atoms with Gasteiger partial charge in [0.25, 0.3) is 0 Å². The summed E-state index contributed by atoms with van der Waals surface area (Å²) in [7, 11) is 1.73. The van der Waals surface area contributed by atoms with E-state index in [0.29, 0.717) is 17.0 Å². The van der Waals surface area contributed by atoms with Crippen LogP contribution >= 0.6 is 0 Å². The summed E-state index contributed by atoms with van der Waals surface area (Å²) in [6.07, 6.45) is 1.47. The summed E-state index contributed by atoms with van der Waals surface area (Å²) in [5.41, 5.74) is 7.25. The predicted molar refractivity (Wildman–Crippen MR) is 69.6 cm³/mol. The maximum atomic E-state index is 9.85. The average Bonchev–Trinajstić information content (AvgIpc) is 3.00. The van der Waals surface area contributed by atoms with Crippen molar-refractivity contribution >= 4 is 17.0 Å². The van der Waals surface area contributed by atoms with Crippen LogP contribution < -0.4 is 11.1 Å². The van der Waals surface area contributed by atoms with Crippen LogP contribution in [0, 0.1) is 0 Å². The van der Waals surface area contributed by atoms with Crippen LogP contribution in [0.3, 0.4) is 0 Å². The molecule has 3 atom stereocenters. The Bertz CT molecular complexity index is 632. The molecule has 0 saturated carbocycles. The Hall–Kier alpha value is -1.81. The standard InChI is InChI=1S/C11H16N6O3/c1-13-9-8-10(15-4-14-9)17(5-16-8)11(12)2-6(19)7(3-18)20-11/h4-7,18-19H,2-3,12H2,1H3,(H,13,14,15)/t6-,7+,11-/m0/s1. The average molecular weight is 280 g/mol. The molecule has 0 radical (unpaired) electrons. The molecule has 0 aliphatic carbocycles. The first kappa shape index (κ1) is 13.2. The third-order valence-electron chi connectivity index (χ3n) is 3.44. The second kappa shape index (κ2) is 4.63. The Morgan fingerprint density at radius 1 is 1.55 bits per heavy atom. The van der Waals surface area contributed by atoms with Crippen LogP contribution in [0.4, 0.5) is 5.82 Å². The first-order valence-electron chi connectivity index (χ1n) is 6.21. The van der Waals surface area contributed by atoms with E-state index in [9.17, 15) is 5.11 Å². The minimum atomic E-state index is -1.29. The number of nitrogens with zero attached hydrogens (tertiary/aromatic N) is 4. The fourth-order valence-electron chi connectivity index (χ4n) is 2.43. The van der Waals surface area contributed by atoms with Gasteiger partial charge < -0.3 is 20.3 Å². The smallest absolute Gasteiger partial charge is 0.204 e. The molecular formula is C11H16N6O3. The fourth-order valence-corrected chi connectivity index (χ4v) is 2.43. The van der Waals surface area contributed by atoms with Crippen molar-refractivity contribution in [3.63, 3.8) is 0 Å². The second-order valence-electron chi connectivity index (χ2n) is 4.71. The first-order valence-corrected chi connectivity index (χ1v) is 6.21. The molecule has 1 aliphatic heterocycles. The molecule has 2 aromatic heterocycles. The number of nitrogens with two attached hydrogens (primary N) is 1. The zero-order valence-electron chi connectivity index (χ0n) is 10.9. The number of aromatic nitrogens is 4. The van der Waals surface area contributed by atoms with Crippen LogP contribution in [0.2, 0.25) is 0 Å². The lowest BCUT2D eigenvalue weighted by molar-refractivity contribution is -0.111. The lowest BCUT2D eigenvalue weighted by Crippen LogP contribution is -2.43. The van der Waals surface area contributed by atoms with Crippen molar-refractivity contribution in [2.24, 2.45) is 5.73 Å². The number of rotatable bonds is 3. The normalized spacial score (nSPS) is 30.0. The number of hydrogen-bond donors (Lipinski definition) is 4. The Morgan fingerprint density at radius 3 is 3.00 bits per heavy atom. The van der Waals surface area contributed by atoms with E-state index in [-0.39, 0.29) is 13.0 Å². The van der Waals surface area contributed by atoms with Crippen molar-refractivity contribution in [3.05, 3.63) is 12.7 Å². The second-order valence-corrected chi connectivity index (χ2v) is 4.71. The van der Waals surface area contributed by atoms with E-state index in [1.54, 1.807) is 11.6 Å². The zero-order valence-corrected chi connectivity index (χ0v) is 10.9. The maximum absolute atomic E-state index is 9.85. The molecule has 3 heterocycles. The molecule has 0 amide bonds. The van der Waals surface area contributed by atoms with E-state index in [2.05, 4.69) is 20.3 Å². The van der Waals surface area contributed by atoms with Gasteiger partial charge >= 0.3 is 0 Å². The summed E-state index contributed by atoms with van der Waals surface area (Å²) < 4.78 is 7.10. The number of hydrogen-bond acceptors (Lipinski definition) is 8. The highest BCUT2D eigenvalue weighted by Gasteiger charge is 2.45. The van der Waals surface area contributed by atoms with Crippen LogP contribution in [-0.4, -0.2) is 55.6 Å². The highest BCUT2D eigenvalue weighted by atomic mass is 16.6. The molecule has 9 nitrogen and oxygen atoms in total. The number of aliphatic hydroxyl groups excluding tert-OH is 2. The van der Waals surface area contributed by atoms with E-state index >= 15 is 0 Å². The summed E-state index contributed by atoms with van der Waals surface area (Å²) in [6.45, 7) is -0.302. The van der Waals surface area contributed by atoms with Crippen LogP contribution in [-0.2, 0) is 10.6 Å². The van der Waals surface area contributed by atoms with Crippen LogP contribution in [0.25, 0.3) is 11.2 Å². The molecular weight excluding hydrogens is 264 g/mol. The number of imidazole rings is 1. The van der Waals surface area contributed by atoms with Crippen molar-refractivity contribution in [1.82, 2.24) is 19.5 Å². The van der Waals surface area contributed by atoms with E-state index in [1.165, 1.54) is 12.7 Å². The van der Waals surface area contributed by atoms with Gasteiger partial charge in [0.05, 0.1) is 12.7 Å². The van der Waals surface area contributed by atoms with Crippen molar-refractivity contribution in [1.29, 1.82) is 0 Å². The predicted octanol–water partition coefficient (Wildman–Crippen LogP) is -1.42. The number of anilines is 1. The van der Waals surface area contributed by atoms with Gasteiger partial charge in [-0.3, -0.25) is 10.3 Å². The minimum absolute atomic E-state index is 0.141. The van der Waals surface area contributed by atoms with Crippen molar-refractivity contribution in [2.45, 2.75) is 24.5 Å². The van der Waals surface area contributed by atoms with Crippen molar-refractivity contribution in [2.75, 3.05) is 19.0 Å². The van der Waals surface area contributed by atoms with Gasteiger partial charge in [0.1, 0.15) is 18.8 Å². The Labute approximate surface area is 114 Å². The number of nitrogens with one attached hydrogen (secondary N) is 1. The molecule has 1 fully saturated rings. The summed E-state index contributed by atoms with van der Waals surface area (Å²) in [5.74, 6) is -0.712. The summed E-state index contributed by atoms with van der Waals surface area (Å²) >= 11 is 0. The number of ether oxygens (including phenoxy) is 1. The van der Waals surface area contributed by atoms with E-state index in [4.69, 9.17) is 15.6 Å². The Kier molecular flexibility index (Phi) is 3.05. The van der Waals surface area contributed by atoms with Gasteiger partial charge in [-0.1, -0.05) is 0 Å².